The van der Waals surface area contributed by atoms with Gasteiger partial charge in [0.25, 0.3) is 0 Å². The van der Waals surface area contributed by atoms with Crippen molar-refractivity contribution in [1.29, 1.82) is 0 Å². The molecule has 1 nitrogen and oxygen atoms in total. The van der Waals surface area contributed by atoms with Crippen molar-refractivity contribution in [2.45, 2.75) is 59.3 Å². The topological polar surface area (TPSA) is 9.23 Å². The van der Waals surface area contributed by atoms with Gasteiger partial charge in [0.1, 0.15) is 5.75 Å². The second-order valence-corrected chi connectivity index (χ2v) is 5.31. The van der Waals surface area contributed by atoms with E-state index in [9.17, 15) is 0 Å². The van der Waals surface area contributed by atoms with E-state index in [-0.39, 0.29) is 0 Å². The van der Waals surface area contributed by atoms with Gasteiger partial charge in [-0.15, -0.1) is 0 Å². The van der Waals surface area contributed by atoms with Gasteiger partial charge in [0.2, 0.25) is 0 Å². The highest BCUT2D eigenvalue weighted by atomic mass is 16.5. The minimum atomic E-state index is 0.836. The zero-order valence-corrected chi connectivity index (χ0v) is 12.5. The Morgan fingerprint density at radius 3 is 2.50 bits per heavy atom. The van der Waals surface area contributed by atoms with E-state index in [1.807, 2.05) is 0 Å². The first-order chi connectivity index (χ1) is 8.71. The molecule has 0 N–H and O–H groups in total. The van der Waals surface area contributed by atoms with Gasteiger partial charge in [0, 0.05) is 0 Å². The Balaban J connectivity index is 2.67. The number of hydrogen-bond donors (Lipinski definition) is 0. The van der Waals surface area contributed by atoms with Crippen LogP contribution in [0.2, 0.25) is 0 Å². The van der Waals surface area contributed by atoms with Crippen molar-refractivity contribution in [2.24, 2.45) is 5.92 Å². The summed E-state index contributed by atoms with van der Waals surface area (Å²) in [5.74, 6) is 1.86. The minimum Gasteiger partial charge on any atom is -0.496 e. The number of hydrogen-bond acceptors (Lipinski definition) is 1. The zero-order chi connectivity index (χ0) is 13.4. The molecule has 1 unspecified atom stereocenters. The van der Waals surface area contributed by atoms with Crippen LogP contribution in [0, 0.1) is 12.8 Å². The Morgan fingerprint density at radius 1 is 1.11 bits per heavy atom. The third kappa shape index (κ3) is 4.72. The van der Waals surface area contributed by atoms with Crippen LogP contribution in [0.5, 0.6) is 5.75 Å². The predicted octanol–water partition coefficient (Wildman–Crippen LogP) is 5.15. The van der Waals surface area contributed by atoms with Gasteiger partial charge >= 0.3 is 0 Å². The number of methoxy groups -OCH3 is 1. The molecule has 18 heavy (non-hydrogen) atoms. The van der Waals surface area contributed by atoms with E-state index in [1.165, 1.54) is 49.7 Å². The first-order valence-electron chi connectivity index (χ1n) is 7.34. The van der Waals surface area contributed by atoms with Crippen molar-refractivity contribution in [3.8, 4) is 5.75 Å². The molecule has 0 heterocycles. The molecule has 0 radical (unpaired) electrons. The van der Waals surface area contributed by atoms with Crippen LogP contribution in [0.3, 0.4) is 0 Å². The Labute approximate surface area is 113 Å². The summed E-state index contributed by atoms with van der Waals surface area (Å²) in [6.45, 7) is 6.66. The number of aryl methyl sites for hydroxylation is 1. The fraction of sp³-hybridized carbons (Fsp3) is 0.647. The van der Waals surface area contributed by atoms with Gasteiger partial charge in [-0.05, 0) is 36.5 Å². The van der Waals surface area contributed by atoms with Crippen molar-refractivity contribution in [3.05, 3.63) is 29.3 Å². The molecule has 0 fully saturated rings. The highest BCUT2D eigenvalue weighted by Crippen LogP contribution is 2.24. The summed E-state index contributed by atoms with van der Waals surface area (Å²) in [6.07, 6.45) is 7.85. The van der Waals surface area contributed by atoms with E-state index in [0.717, 1.165) is 11.7 Å². The second-order valence-electron chi connectivity index (χ2n) is 5.31. The monoisotopic (exact) mass is 248 g/mol. The van der Waals surface area contributed by atoms with Crippen LogP contribution in [-0.2, 0) is 6.42 Å². The average Bonchev–Trinajstić information content (AvgIpc) is 2.38. The van der Waals surface area contributed by atoms with E-state index in [2.05, 4.69) is 39.0 Å². The summed E-state index contributed by atoms with van der Waals surface area (Å²) in [6, 6.07) is 6.65. The zero-order valence-electron chi connectivity index (χ0n) is 12.5. The molecule has 0 bridgehead atoms. The van der Waals surface area contributed by atoms with Crippen LogP contribution in [0.1, 0.15) is 57.1 Å². The summed E-state index contributed by atoms with van der Waals surface area (Å²) < 4.78 is 5.41. The predicted molar refractivity (Wildman–Crippen MR) is 79.4 cm³/mol. The van der Waals surface area contributed by atoms with Gasteiger partial charge in [-0.2, -0.15) is 0 Å². The molecule has 102 valence electrons. The fourth-order valence-corrected chi connectivity index (χ4v) is 2.57. The standard InChI is InChI=1S/C17H28O/c1-5-7-9-15(8-6-2)12-16-11-10-14(3)17(13-16)18-4/h10-11,13,15H,5-9,12H2,1-4H3. The summed E-state index contributed by atoms with van der Waals surface area (Å²) in [5, 5.41) is 0. The molecule has 0 saturated carbocycles. The largest absolute Gasteiger partial charge is 0.496 e. The summed E-state index contributed by atoms with van der Waals surface area (Å²) in [4.78, 5) is 0. The molecule has 1 atom stereocenters. The van der Waals surface area contributed by atoms with Gasteiger partial charge in [-0.25, -0.2) is 0 Å². The maximum atomic E-state index is 5.41. The number of ether oxygens (including phenoxy) is 1. The van der Waals surface area contributed by atoms with Crippen LogP contribution < -0.4 is 4.74 Å². The Bertz CT molecular complexity index is 343. The lowest BCUT2D eigenvalue weighted by molar-refractivity contribution is 0.407. The third-order valence-electron chi connectivity index (χ3n) is 3.66. The van der Waals surface area contributed by atoms with Crippen molar-refractivity contribution < 1.29 is 4.74 Å². The fourth-order valence-electron chi connectivity index (χ4n) is 2.57. The van der Waals surface area contributed by atoms with E-state index < -0.39 is 0 Å². The Morgan fingerprint density at radius 2 is 1.89 bits per heavy atom. The second kappa shape index (κ2) is 8.18. The lowest BCUT2D eigenvalue weighted by Crippen LogP contribution is -2.05. The van der Waals surface area contributed by atoms with Crippen LogP contribution >= 0.6 is 0 Å². The van der Waals surface area contributed by atoms with Crippen molar-refractivity contribution in [3.63, 3.8) is 0 Å². The highest BCUT2D eigenvalue weighted by molar-refractivity contribution is 5.36. The van der Waals surface area contributed by atoms with Crippen molar-refractivity contribution in [2.75, 3.05) is 7.11 Å². The lowest BCUT2D eigenvalue weighted by Gasteiger charge is -2.16. The molecule has 0 saturated heterocycles. The summed E-state index contributed by atoms with van der Waals surface area (Å²) >= 11 is 0. The molecule has 1 aromatic rings. The quantitative estimate of drug-likeness (QED) is 0.618. The molecule has 0 aliphatic rings. The molecule has 0 amide bonds. The average molecular weight is 248 g/mol. The highest BCUT2D eigenvalue weighted by Gasteiger charge is 2.09. The molecular weight excluding hydrogens is 220 g/mol. The van der Waals surface area contributed by atoms with Gasteiger partial charge in [0.15, 0.2) is 0 Å². The molecule has 0 aliphatic heterocycles. The number of unbranched alkanes of at least 4 members (excludes halogenated alkanes) is 1. The molecule has 0 aliphatic carbocycles. The number of benzene rings is 1. The molecule has 1 aromatic carbocycles. The summed E-state index contributed by atoms with van der Waals surface area (Å²) in [5.41, 5.74) is 2.65. The first-order valence-corrected chi connectivity index (χ1v) is 7.34. The third-order valence-corrected chi connectivity index (χ3v) is 3.66. The summed E-state index contributed by atoms with van der Waals surface area (Å²) in [7, 11) is 1.76. The van der Waals surface area contributed by atoms with E-state index >= 15 is 0 Å². The van der Waals surface area contributed by atoms with Crippen LogP contribution in [-0.4, -0.2) is 7.11 Å². The van der Waals surface area contributed by atoms with E-state index in [0.29, 0.717) is 0 Å². The molecule has 0 spiro atoms. The SMILES string of the molecule is CCCCC(CCC)Cc1ccc(C)c(OC)c1. The molecule has 1 heteroatoms. The number of rotatable bonds is 8. The van der Waals surface area contributed by atoms with Crippen molar-refractivity contribution >= 4 is 0 Å². The Kier molecular flexibility index (Phi) is 6.85. The van der Waals surface area contributed by atoms with Crippen molar-refractivity contribution in [1.82, 2.24) is 0 Å². The van der Waals surface area contributed by atoms with Gasteiger partial charge in [0.05, 0.1) is 7.11 Å². The lowest BCUT2D eigenvalue weighted by atomic mass is 9.90. The molecular formula is C17H28O. The maximum Gasteiger partial charge on any atom is 0.122 e. The van der Waals surface area contributed by atoms with E-state index in [1.54, 1.807) is 7.11 Å². The smallest absolute Gasteiger partial charge is 0.122 e. The molecule has 0 aromatic heterocycles. The van der Waals surface area contributed by atoms with Crippen LogP contribution in [0.15, 0.2) is 18.2 Å². The van der Waals surface area contributed by atoms with Gasteiger partial charge in [-0.3, -0.25) is 0 Å². The van der Waals surface area contributed by atoms with Gasteiger partial charge < -0.3 is 4.74 Å². The van der Waals surface area contributed by atoms with Crippen LogP contribution in [0.4, 0.5) is 0 Å². The van der Waals surface area contributed by atoms with Crippen LogP contribution in [0.25, 0.3) is 0 Å². The minimum absolute atomic E-state index is 0.836. The van der Waals surface area contributed by atoms with Gasteiger partial charge in [-0.1, -0.05) is 58.1 Å². The maximum absolute atomic E-state index is 5.41. The Hall–Kier alpha value is -0.980. The van der Waals surface area contributed by atoms with E-state index in [4.69, 9.17) is 4.74 Å². The normalized spacial score (nSPS) is 12.4. The first kappa shape index (κ1) is 15.1. The molecule has 1 rings (SSSR count).